The first kappa shape index (κ1) is 14.4. The van der Waals surface area contributed by atoms with Crippen molar-refractivity contribution in [3.63, 3.8) is 0 Å². The zero-order valence-electron chi connectivity index (χ0n) is 11.7. The van der Waals surface area contributed by atoms with Crippen molar-refractivity contribution in [1.29, 1.82) is 0 Å². The number of aromatic amines is 1. The summed E-state index contributed by atoms with van der Waals surface area (Å²) in [5, 5.41) is 0.663. The number of rotatable bonds is 5. The van der Waals surface area contributed by atoms with E-state index in [2.05, 4.69) is 4.98 Å². The topological polar surface area (TPSA) is 56.2 Å². The van der Waals surface area contributed by atoms with Gasteiger partial charge in [0.2, 0.25) is 0 Å². The molecule has 0 saturated carbocycles. The first-order chi connectivity index (χ1) is 10.3. The minimum Gasteiger partial charge on any atom is -0.379 e. The Morgan fingerprint density at radius 2 is 2.29 bits per heavy atom. The third-order valence-corrected chi connectivity index (χ3v) is 3.98. The zero-order valence-corrected chi connectivity index (χ0v) is 12.5. The van der Waals surface area contributed by atoms with Crippen LogP contribution in [0.4, 0.5) is 0 Å². The van der Waals surface area contributed by atoms with Gasteiger partial charge < -0.3 is 14.5 Å². The summed E-state index contributed by atoms with van der Waals surface area (Å²) in [5.74, 6) is 0. The molecule has 5 nitrogen and oxygen atoms in total. The van der Waals surface area contributed by atoms with E-state index in [0.29, 0.717) is 29.9 Å². The molecule has 1 aliphatic heterocycles. The summed E-state index contributed by atoms with van der Waals surface area (Å²) in [6, 6.07) is 7.41. The van der Waals surface area contributed by atoms with Crippen LogP contribution in [0, 0.1) is 4.77 Å². The summed E-state index contributed by atoms with van der Waals surface area (Å²) < 4.78 is 13.0. The van der Waals surface area contributed by atoms with Gasteiger partial charge in [0.25, 0.3) is 5.56 Å². The number of nitrogens with one attached hydrogen (secondary N) is 1. The largest absolute Gasteiger partial charge is 0.379 e. The van der Waals surface area contributed by atoms with Gasteiger partial charge in [-0.2, -0.15) is 0 Å². The molecule has 3 rings (SSSR count). The third kappa shape index (κ3) is 3.23. The van der Waals surface area contributed by atoms with Crippen LogP contribution in [0.1, 0.15) is 12.8 Å². The summed E-state index contributed by atoms with van der Waals surface area (Å²) in [6.45, 7) is 2.63. The first-order valence-corrected chi connectivity index (χ1v) is 7.58. The predicted molar refractivity (Wildman–Crippen MR) is 83.2 cm³/mol. The highest BCUT2D eigenvalue weighted by atomic mass is 32.1. The summed E-state index contributed by atoms with van der Waals surface area (Å²) in [6.07, 6.45) is 1.91. The van der Waals surface area contributed by atoms with E-state index < -0.39 is 0 Å². The standard InChI is InChI=1S/C15H18N2O3S/c18-14-12-4-1-2-5-13(12)16-15(21)17(14)7-3-8-20-11-6-9-19-10-11/h1-2,4-5,11H,3,6-10H2,(H,16,21)/t11-/m0/s1. The Hall–Kier alpha value is -1.50. The van der Waals surface area contributed by atoms with Gasteiger partial charge in [0.05, 0.1) is 23.6 Å². The maximum absolute atomic E-state index is 12.4. The molecule has 1 aromatic heterocycles. The minimum absolute atomic E-state index is 0.0430. The number of benzene rings is 1. The number of aromatic nitrogens is 2. The number of hydrogen-bond donors (Lipinski definition) is 1. The fourth-order valence-electron chi connectivity index (χ4n) is 2.52. The van der Waals surface area contributed by atoms with E-state index in [1.165, 1.54) is 0 Å². The molecule has 0 radical (unpaired) electrons. The Bertz CT molecular complexity index is 732. The highest BCUT2D eigenvalue weighted by Crippen LogP contribution is 2.09. The van der Waals surface area contributed by atoms with Crippen molar-refractivity contribution in [2.24, 2.45) is 0 Å². The van der Waals surface area contributed by atoms with Crippen molar-refractivity contribution in [3.8, 4) is 0 Å². The van der Waals surface area contributed by atoms with E-state index in [1.807, 2.05) is 24.3 Å². The molecule has 2 heterocycles. The molecule has 0 bridgehead atoms. The summed E-state index contributed by atoms with van der Waals surface area (Å²) in [5.41, 5.74) is 0.738. The molecule has 2 aromatic rings. The number of H-pyrrole nitrogens is 1. The fourth-order valence-corrected chi connectivity index (χ4v) is 2.80. The second-order valence-electron chi connectivity index (χ2n) is 5.14. The molecule has 0 spiro atoms. The number of hydrogen-bond acceptors (Lipinski definition) is 4. The van der Waals surface area contributed by atoms with Gasteiger partial charge in [-0.1, -0.05) is 12.1 Å². The van der Waals surface area contributed by atoms with Crippen molar-refractivity contribution < 1.29 is 9.47 Å². The maximum atomic E-state index is 12.4. The molecule has 1 atom stereocenters. The van der Waals surface area contributed by atoms with E-state index in [0.717, 1.165) is 25.0 Å². The van der Waals surface area contributed by atoms with E-state index in [9.17, 15) is 4.79 Å². The van der Waals surface area contributed by atoms with Gasteiger partial charge in [-0.25, -0.2) is 0 Å². The van der Waals surface area contributed by atoms with Gasteiger partial charge in [0.1, 0.15) is 0 Å². The average molecular weight is 306 g/mol. The molecule has 1 fully saturated rings. The van der Waals surface area contributed by atoms with Crippen LogP contribution in [0.2, 0.25) is 0 Å². The molecular weight excluding hydrogens is 288 g/mol. The van der Waals surface area contributed by atoms with Crippen LogP contribution in [0.15, 0.2) is 29.1 Å². The van der Waals surface area contributed by atoms with Gasteiger partial charge in [-0.15, -0.1) is 0 Å². The monoisotopic (exact) mass is 306 g/mol. The Balaban J connectivity index is 1.69. The van der Waals surface area contributed by atoms with Crippen LogP contribution >= 0.6 is 12.2 Å². The summed E-state index contributed by atoms with van der Waals surface area (Å²) in [7, 11) is 0. The number of para-hydroxylation sites is 1. The molecule has 0 unspecified atom stereocenters. The SMILES string of the molecule is O=c1c2ccccc2[nH]c(=S)n1CCCO[C@H]1CCOC1. The lowest BCUT2D eigenvalue weighted by Crippen LogP contribution is -2.23. The Kier molecular flexibility index (Phi) is 4.48. The number of nitrogens with zero attached hydrogens (tertiary/aromatic N) is 1. The maximum Gasteiger partial charge on any atom is 0.262 e. The normalized spacial score (nSPS) is 18.4. The third-order valence-electron chi connectivity index (χ3n) is 3.66. The summed E-state index contributed by atoms with van der Waals surface area (Å²) in [4.78, 5) is 15.5. The quantitative estimate of drug-likeness (QED) is 0.680. The van der Waals surface area contributed by atoms with Crippen LogP contribution in [0.25, 0.3) is 10.9 Å². The molecule has 0 amide bonds. The molecule has 1 aliphatic rings. The molecule has 1 N–H and O–H groups in total. The van der Waals surface area contributed by atoms with Crippen LogP contribution in [0.5, 0.6) is 0 Å². The Morgan fingerprint density at radius 3 is 3.10 bits per heavy atom. The fraction of sp³-hybridized carbons (Fsp3) is 0.467. The van der Waals surface area contributed by atoms with E-state index >= 15 is 0 Å². The average Bonchev–Trinajstić information content (AvgIpc) is 2.99. The Morgan fingerprint density at radius 1 is 1.43 bits per heavy atom. The predicted octanol–water partition coefficient (Wildman–Crippen LogP) is 2.25. The van der Waals surface area contributed by atoms with E-state index in [-0.39, 0.29) is 11.7 Å². The van der Waals surface area contributed by atoms with Crippen LogP contribution < -0.4 is 5.56 Å². The zero-order chi connectivity index (χ0) is 14.7. The Labute approximate surface area is 127 Å². The van der Waals surface area contributed by atoms with Crippen LogP contribution in [0.3, 0.4) is 0 Å². The lowest BCUT2D eigenvalue weighted by Gasteiger charge is -2.11. The molecule has 1 aromatic carbocycles. The summed E-state index contributed by atoms with van der Waals surface area (Å²) >= 11 is 5.27. The van der Waals surface area contributed by atoms with Gasteiger partial charge in [-0.3, -0.25) is 9.36 Å². The lowest BCUT2D eigenvalue weighted by atomic mass is 10.2. The second-order valence-corrected chi connectivity index (χ2v) is 5.53. The number of fused-ring (bicyclic) bond motifs is 1. The van der Waals surface area contributed by atoms with E-state index in [4.69, 9.17) is 21.7 Å². The van der Waals surface area contributed by atoms with Gasteiger partial charge >= 0.3 is 0 Å². The highest BCUT2D eigenvalue weighted by Gasteiger charge is 2.15. The minimum atomic E-state index is -0.0430. The molecule has 112 valence electrons. The van der Waals surface area contributed by atoms with Gasteiger partial charge in [-0.05, 0) is 37.2 Å². The smallest absolute Gasteiger partial charge is 0.262 e. The molecular formula is C15H18N2O3S. The van der Waals surface area contributed by atoms with E-state index in [1.54, 1.807) is 4.57 Å². The molecule has 0 aliphatic carbocycles. The van der Waals surface area contributed by atoms with Crippen molar-refractivity contribution in [1.82, 2.24) is 9.55 Å². The van der Waals surface area contributed by atoms with Crippen LogP contribution in [-0.2, 0) is 16.0 Å². The van der Waals surface area contributed by atoms with Crippen LogP contribution in [-0.4, -0.2) is 35.5 Å². The molecule has 6 heteroatoms. The first-order valence-electron chi connectivity index (χ1n) is 7.17. The number of ether oxygens (including phenoxy) is 2. The molecule has 1 saturated heterocycles. The van der Waals surface area contributed by atoms with Crippen molar-refractivity contribution in [2.75, 3.05) is 19.8 Å². The van der Waals surface area contributed by atoms with Crippen molar-refractivity contribution >= 4 is 23.1 Å². The van der Waals surface area contributed by atoms with Gasteiger partial charge in [0.15, 0.2) is 4.77 Å². The second kappa shape index (κ2) is 6.51. The highest BCUT2D eigenvalue weighted by molar-refractivity contribution is 7.71. The molecule has 21 heavy (non-hydrogen) atoms. The van der Waals surface area contributed by atoms with Crippen molar-refractivity contribution in [3.05, 3.63) is 39.4 Å². The van der Waals surface area contributed by atoms with Crippen molar-refractivity contribution in [2.45, 2.75) is 25.5 Å². The van der Waals surface area contributed by atoms with Gasteiger partial charge in [0, 0.05) is 19.8 Å². The lowest BCUT2D eigenvalue weighted by molar-refractivity contribution is 0.0398.